The second-order valence-corrected chi connectivity index (χ2v) is 8.18. The predicted molar refractivity (Wildman–Crippen MR) is 87.4 cm³/mol. The Hall–Kier alpha value is -0.120. The van der Waals surface area contributed by atoms with Gasteiger partial charge in [-0.05, 0) is 71.3 Å². The van der Waals surface area contributed by atoms with E-state index >= 15 is 0 Å². The molecule has 1 aliphatic heterocycles. The van der Waals surface area contributed by atoms with Gasteiger partial charge in [0.1, 0.15) is 0 Å². The maximum Gasteiger partial charge on any atom is 0.0611 e. The van der Waals surface area contributed by atoms with Crippen molar-refractivity contribution in [3.8, 4) is 0 Å². The van der Waals surface area contributed by atoms with Gasteiger partial charge >= 0.3 is 0 Å². The van der Waals surface area contributed by atoms with E-state index in [1.807, 2.05) is 0 Å². The fourth-order valence-electron chi connectivity index (χ4n) is 4.87. The monoisotopic (exact) mass is 294 g/mol. The van der Waals surface area contributed by atoms with Crippen LogP contribution in [0.5, 0.6) is 0 Å². The van der Waals surface area contributed by atoms with Crippen LogP contribution in [-0.4, -0.2) is 46.8 Å². The highest BCUT2D eigenvalue weighted by molar-refractivity contribution is 4.97. The van der Waals surface area contributed by atoms with Crippen LogP contribution in [0.15, 0.2) is 0 Å². The Bertz CT molecular complexity index is 342. The number of rotatable bonds is 6. The molecule has 2 unspecified atom stereocenters. The van der Waals surface area contributed by atoms with E-state index in [0.29, 0.717) is 12.1 Å². The van der Waals surface area contributed by atoms with Gasteiger partial charge < -0.3 is 10.4 Å². The molecule has 2 N–H and O–H groups in total. The molecule has 0 aromatic carbocycles. The smallest absolute Gasteiger partial charge is 0.0611 e. The number of likely N-dealkylation sites (tertiary alicyclic amines) is 1. The van der Waals surface area contributed by atoms with Crippen LogP contribution in [0.3, 0.4) is 0 Å². The number of aliphatic hydroxyl groups is 1. The van der Waals surface area contributed by atoms with Gasteiger partial charge in [0.25, 0.3) is 0 Å². The first-order valence-electron chi connectivity index (χ1n) is 9.25. The SMILES string of the molecule is CC(CC(C)(CO)NC1CC1)N1CCC[C@H]2CCCC[C@H]21. The average molecular weight is 294 g/mol. The molecule has 1 saturated heterocycles. The molecule has 0 radical (unpaired) electrons. The van der Waals surface area contributed by atoms with Gasteiger partial charge in [0, 0.05) is 23.7 Å². The summed E-state index contributed by atoms with van der Waals surface area (Å²) in [4.78, 5) is 2.79. The second kappa shape index (κ2) is 6.55. The largest absolute Gasteiger partial charge is 0.394 e. The Morgan fingerprint density at radius 2 is 1.86 bits per heavy atom. The molecule has 0 amide bonds. The molecule has 0 aromatic rings. The van der Waals surface area contributed by atoms with E-state index in [4.69, 9.17) is 0 Å². The van der Waals surface area contributed by atoms with Crippen LogP contribution in [0.1, 0.15) is 71.6 Å². The van der Waals surface area contributed by atoms with Crippen molar-refractivity contribution in [1.82, 2.24) is 10.2 Å². The molecule has 0 aromatic heterocycles. The molecule has 122 valence electrons. The summed E-state index contributed by atoms with van der Waals surface area (Å²) in [5.41, 5.74) is -0.0950. The van der Waals surface area contributed by atoms with Crippen molar-refractivity contribution < 1.29 is 5.11 Å². The maximum atomic E-state index is 9.86. The molecule has 4 atom stereocenters. The van der Waals surface area contributed by atoms with Crippen LogP contribution >= 0.6 is 0 Å². The lowest BCUT2D eigenvalue weighted by Crippen LogP contribution is -2.56. The van der Waals surface area contributed by atoms with E-state index < -0.39 is 0 Å². The summed E-state index contributed by atoms with van der Waals surface area (Å²) < 4.78 is 0. The number of aliphatic hydroxyl groups excluding tert-OH is 1. The van der Waals surface area contributed by atoms with E-state index in [1.54, 1.807) is 0 Å². The van der Waals surface area contributed by atoms with Crippen LogP contribution in [-0.2, 0) is 0 Å². The first kappa shape index (κ1) is 15.8. The van der Waals surface area contributed by atoms with Crippen molar-refractivity contribution in [3.63, 3.8) is 0 Å². The normalized spacial score (nSPS) is 35.0. The van der Waals surface area contributed by atoms with E-state index in [1.165, 1.54) is 57.9 Å². The minimum atomic E-state index is -0.0950. The van der Waals surface area contributed by atoms with E-state index in [-0.39, 0.29) is 12.1 Å². The van der Waals surface area contributed by atoms with Crippen LogP contribution in [0, 0.1) is 5.92 Å². The van der Waals surface area contributed by atoms with Crippen LogP contribution in [0.2, 0.25) is 0 Å². The number of piperidine rings is 1. The highest BCUT2D eigenvalue weighted by Crippen LogP contribution is 2.37. The Labute approximate surface area is 130 Å². The Morgan fingerprint density at radius 1 is 1.14 bits per heavy atom. The van der Waals surface area contributed by atoms with Gasteiger partial charge in [0.15, 0.2) is 0 Å². The molecule has 2 aliphatic carbocycles. The minimum Gasteiger partial charge on any atom is -0.394 e. The first-order chi connectivity index (χ1) is 10.1. The minimum absolute atomic E-state index is 0.0950. The zero-order chi connectivity index (χ0) is 14.9. The molecule has 1 heterocycles. The lowest BCUT2D eigenvalue weighted by atomic mass is 9.77. The first-order valence-corrected chi connectivity index (χ1v) is 9.25. The summed E-state index contributed by atoms with van der Waals surface area (Å²) in [5.74, 6) is 0.951. The summed E-state index contributed by atoms with van der Waals surface area (Å²) >= 11 is 0. The molecule has 3 heteroatoms. The van der Waals surface area contributed by atoms with Gasteiger partial charge in [0.2, 0.25) is 0 Å². The quantitative estimate of drug-likeness (QED) is 0.790. The van der Waals surface area contributed by atoms with Gasteiger partial charge in [0.05, 0.1) is 6.61 Å². The van der Waals surface area contributed by atoms with Gasteiger partial charge in [-0.25, -0.2) is 0 Å². The highest BCUT2D eigenvalue weighted by atomic mass is 16.3. The average Bonchev–Trinajstić information content (AvgIpc) is 3.30. The topological polar surface area (TPSA) is 35.5 Å². The summed E-state index contributed by atoms with van der Waals surface area (Å²) in [6.07, 6.45) is 12.2. The molecular formula is C18H34N2O. The number of nitrogens with one attached hydrogen (secondary N) is 1. The molecule has 3 rings (SSSR count). The third-order valence-corrected chi connectivity index (χ3v) is 6.08. The fraction of sp³-hybridized carbons (Fsp3) is 1.00. The van der Waals surface area contributed by atoms with Crippen molar-refractivity contribution in [2.75, 3.05) is 13.2 Å². The Balaban J connectivity index is 1.61. The standard InChI is InChI=1S/C18H34N2O/c1-14(12-18(2,13-21)19-16-9-10-16)20-11-5-7-15-6-3-4-8-17(15)20/h14-17,19,21H,3-13H2,1-2H3/t14?,15-,17-,18?/m1/s1. The van der Waals surface area contributed by atoms with Gasteiger partial charge in [-0.3, -0.25) is 4.90 Å². The molecule has 0 bridgehead atoms. The molecule has 2 saturated carbocycles. The van der Waals surface area contributed by atoms with Crippen molar-refractivity contribution in [1.29, 1.82) is 0 Å². The van der Waals surface area contributed by atoms with Gasteiger partial charge in [-0.2, -0.15) is 0 Å². The number of hydrogen-bond donors (Lipinski definition) is 2. The van der Waals surface area contributed by atoms with Crippen molar-refractivity contribution in [2.24, 2.45) is 5.92 Å². The van der Waals surface area contributed by atoms with E-state index in [2.05, 4.69) is 24.1 Å². The van der Waals surface area contributed by atoms with Crippen molar-refractivity contribution >= 4 is 0 Å². The molecule has 21 heavy (non-hydrogen) atoms. The van der Waals surface area contributed by atoms with E-state index in [0.717, 1.165) is 18.4 Å². The summed E-state index contributed by atoms with van der Waals surface area (Å²) in [6.45, 7) is 6.13. The molecule has 3 nitrogen and oxygen atoms in total. The summed E-state index contributed by atoms with van der Waals surface area (Å²) in [7, 11) is 0. The van der Waals surface area contributed by atoms with Crippen LogP contribution < -0.4 is 5.32 Å². The van der Waals surface area contributed by atoms with Gasteiger partial charge in [-0.15, -0.1) is 0 Å². The van der Waals surface area contributed by atoms with Crippen LogP contribution in [0.4, 0.5) is 0 Å². The van der Waals surface area contributed by atoms with E-state index in [9.17, 15) is 5.11 Å². The summed E-state index contributed by atoms with van der Waals surface area (Å²) in [6, 6.07) is 2.07. The maximum absolute atomic E-state index is 9.86. The second-order valence-electron chi connectivity index (χ2n) is 8.18. The third-order valence-electron chi connectivity index (χ3n) is 6.08. The number of fused-ring (bicyclic) bond motifs is 1. The third kappa shape index (κ3) is 3.80. The number of hydrogen-bond acceptors (Lipinski definition) is 3. The predicted octanol–water partition coefficient (Wildman–Crippen LogP) is 2.92. The van der Waals surface area contributed by atoms with Gasteiger partial charge in [-0.1, -0.05) is 12.8 Å². The zero-order valence-electron chi connectivity index (χ0n) is 14.0. The molecule has 0 spiro atoms. The highest BCUT2D eigenvalue weighted by Gasteiger charge is 2.39. The number of nitrogens with zero attached hydrogens (tertiary/aromatic N) is 1. The summed E-state index contributed by atoms with van der Waals surface area (Å²) in [5, 5.41) is 13.5. The Morgan fingerprint density at radius 3 is 2.57 bits per heavy atom. The lowest BCUT2D eigenvalue weighted by molar-refractivity contribution is 0.0139. The van der Waals surface area contributed by atoms with Crippen molar-refractivity contribution in [2.45, 2.75) is 95.3 Å². The zero-order valence-corrected chi connectivity index (χ0v) is 14.0. The molecule has 3 fully saturated rings. The van der Waals surface area contributed by atoms with Crippen LogP contribution in [0.25, 0.3) is 0 Å². The van der Waals surface area contributed by atoms with Crippen molar-refractivity contribution in [3.05, 3.63) is 0 Å². The molecule has 3 aliphatic rings. The molecular weight excluding hydrogens is 260 g/mol. The Kier molecular flexibility index (Phi) is 4.92. The fourth-order valence-corrected chi connectivity index (χ4v) is 4.87. The lowest BCUT2D eigenvalue weighted by Gasteiger charge is -2.48.